The molecule has 1 fully saturated rings. The standard InChI is InChI=1S/C5H7Cl3/c6-3-1-2-4(7)5(3)8/h3-5H,1-2H2. The maximum absolute atomic E-state index is 5.75. The molecule has 0 aromatic carbocycles. The van der Waals surface area contributed by atoms with Gasteiger partial charge in [0.05, 0.1) is 16.1 Å². The lowest BCUT2D eigenvalue weighted by molar-refractivity contribution is 0.893. The zero-order valence-electron chi connectivity index (χ0n) is 4.28. The maximum Gasteiger partial charge on any atom is 0.0663 e. The fourth-order valence-electron chi connectivity index (χ4n) is 0.863. The van der Waals surface area contributed by atoms with Gasteiger partial charge < -0.3 is 0 Å². The van der Waals surface area contributed by atoms with E-state index in [9.17, 15) is 0 Å². The molecule has 3 heteroatoms. The molecule has 1 aliphatic rings. The van der Waals surface area contributed by atoms with Crippen LogP contribution < -0.4 is 0 Å². The van der Waals surface area contributed by atoms with Crippen LogP contribution in [0.15, 0.2) is 0 Å². The molecule has 8 heavy (non-hydrogen) atoms. The second-order valence-corrected chi connectivity index (χ2v) is 3.68. The van der Waals surface area contributed by atoms with Crippen molar-refractivity contribution in [2.75, 3.05) is 0 Å². The smallest absolute Gasteiger partial charge is 0.0663 e. The molecule has 2 atom stereocenters. The minimum absolute atomic E-state index is 0.0154. The lowest BCUT2D eigenvalue weighted by Crippen LogP contribution is -2.13. The summed E-state index contributed by atoms with van der Waals surface area (Å²) in [6.07, 6.45) is 1.92. The summed E-state index contributed by atoms with van der Waals surface area (Å²) in [6, 6.07) is 0. The average Bonchev–Trinajstić information content (AvgIpc) is 1.98. The highest BCUT2D eigenvalue weighted by Gasteiger charge is 2.31. The summed E-state index contributed by atoms with van der Waals surface area (Å²) in [5.41, 5.74) is 0. The third kappa shape index (κ3) is 1.23. The van der Waals surface area contributed by atoms with Gasteiger partial charge in [0.15, 0.2) is 0 Å². The van der Waals surface area contributed by atoms with Gasteiger partial charge in [0.25, 0.3) is 0 Å². The Bertz CT molecular complexity index is 73.7. The average molecular weight is 173 g/mol. The minimum Gasteiger partial charge on any atom is -0.121 e. The van der Waals surface area contributed by atoms with Crippen molar-refractivity contribution in [3.05, 3.63) is 0 Å². The van der Waals surface area contributed by atoms with Crippen molar-refractivity contribution in [2.24, 2.45) is 0 Å². The van der Waals surface area contributed by atoms with Crippen LogP contribution in [0.5, 0.6) is 0 Å². The van der Waals surface area contributed by atoms with Crippen molar-refractivity contribution < 1.29 is 0 Å². The lowest BCUT2D eigenvalue weighted by Gasteiger charge is -2.05. The molecule has 0 aliphatic heterocycles. The van der Waals surface area contributed by atoms with Crippen molar-refractivity contribution in [2.45, 2.75) is 29.0 Å². The van der Waals surface area contributed by atoms with E-state index in [1.807, 2.05) is 0 Å². The van der Waals surface area contributed by atoms with Gasteiger partial charge in [0.2, 0.25) is 0 Å². The molecule has 0 aromatic rings. The predicted molar refractivity (Wildman–Crippen MR) is 38.2 cm³/mol. The number of hydrogen-bond acceptors (Lipinski definition) is 0. The van der Waals surface area contributed by atoms with Crippen LogP contribution in [-0.4, -0.2) is 16.1 Å². The van der Waals surface area contributed by atoms with E-state index >= 15 is 0 Å². The van der Waals surface area contributed by atoms with Gasteiger partial charge in [0, 0.05) is 0 Å². The Morgan fingerprint density at radius 3 is 1.38 bits per heavy atom. The Balaban J connectivity index is 2.44. The number of halogens is 3. The van der Waals surface area contributed by atoms with Crippen LogP contribution in [0.2, 0.25) is 0 Å². The molecule has 48 valence electrons. The summed E-state index contributed by atoms with van der Waals surface area (Å²) in [7, 11) is 0. The molecule has 0 aromatic heterocycles. The third-order valence-corrected chi connectivity index (χ3v) is 3.25. The van der Waals surface area contributed by atoms with Crippen LogP contribution in [0.25, 0.3) is 0 Å². The van der Waals surface area contributed by atoms with E-state index in [2.05, 4.69) is 0 Å². The molecule has 0 saturated heterocycles. The summed E-state index contributed by atoms with van der Waals surface area (Å²) in [6.45, 7) is 0. The van der Waals surface area contributed by atoms with Gasteiger partial charge in [-0.2, -0.15) is 0 Å². The predicted octanol–water partition coefficient (Wildman–Crippen LogP) is 2.60. The van der Waals surface area contributed by atoms with Gasteiger partial charge >= 0.3 is 0 Å². The first-order valence-corrected chi connectivity index (χ1v) is 3.95. The van der Waals surface area contributed by atoms with Gasteiger partial charge in [-0.25, -0.2) is 0 Å². The zero-order chi connectivity index (χ0) is 6.15. The normalized spacial score (nSPS) is 47.6. The molecule has 0 radical (unpaired) electrons. The Morgan fingerprint density at radius 1 is 0.875 bits per heavy atom. The summed E-state index contributed by atoms with van der Waals surface area (Å²) in [4.78, 5) is 0. The molecule has 1 aliphatic carbocycles. The summed E-state index contributed by atoms with van der Waals surface area (Å²) >= 11 is 17.2. The van der Waals surface area contributed by atoms with Crippen LogP contribution in [0.3, 0.4) is 0 Å². The van der Waals surface area contributed by atoms with Crippen LogP contribution in [0, 0.1) is 0 Å². The summed E-state index contributed by atoms with van der Waals surface area (Å²) in [5, 5.41) is 0.177. The van der Waals surface area contributed by atoms with E-state index in [1.54, 1.807) is 0 Å². The molecule has 0 heterocycles. The Kier molecular flexibility index (Phi) is 2.30. The van der Waals surface area contributed by atoms with Gasteiger partial charge in [-0.1, -0.05) is 0 Å². The van der Waals surface area contributed by atoms with E-state index in [0.29, 0.717) is 0 Å². The molecule has 2 unspecified atom stereocenters. The molecular formula is C5H7Cl3. The highest BCUT2D eigenvalue weighted by atomic mass is 35.5. The number of alkyl halides is 3. The molecule has 0 amide bonds. The summed E-state index contributed by atoms with van der Waals surface area (Å²) < 4.78 is 0. The molecular weight excluding hydrogens is 166 g/mol. The fourth-order valence-corrected chi connectivity index (χ4v) is 1.79. The molecule has 0 N–H and O–H groups in total. The fraction of sp³-hybridized carbons (Fsp3) is 1.00. The van der Waals surface area contributed by atoms with Crippen LogP contribution >= 0.6 is 34.8 Å². The van der Waals surface area contributed by atoms with E-state index < -0.39 is 0 Å². The van der Waals surface area contributed by atoms with Crippen LogP contribution in [-0.2, 0) is 0 Å². The van der Waals surface area contributed by atoms with E-state index in [1.165, 1.54) is 0 Å². The van der Waals surface area contributed by atoms with E-state index in [-0.39, 0.29) is 16.1 Å². The third-order valence-electron chi connectivity index (χ3n) is 1.41. The Labute approximate surface area is 64.1 Å². The van der Waals surface area contributed by atoms with Crippen molar-refractivity contribution in [1.29, 1.82) is 0 Å². The van der Waals surface area contributed by atoms with Gasteiger partial charge in [0.1, 0.15) is 0 Å². The first kappa shape index (κ1) is 6.98. The van der Waals surface area contributed by atoms with Crippen molar-refractivity contribution in [1.82, 2.24) is 0 Å². The lowest BCUT2D eigenvalue weighted by atomic mass is 10.4. The van der Waals surface area contributed by atoms with Crippen LogP contribution in [0.4, 0.5) is 0 Å². The highest BCUT2D eigenvalue weighted by Crippen LogP contribution is 2.32. The van der Waals surface area contributed by atoms with Gasteiger partial charge in [-0.05, 0) is 12.8 Å². The zero-order valence-corrected chi connectivity index (χ0v) is 6.55. The second kappa shape index (κ2) is 2.64. The highest BCUT2D eigenvalue weighted by molar-refractivity contribution is 6.35. The van der Waals surface area contributed by atoms with E-state index in [4.69, 9.17) is 34.8 Å². The molecule has 1 rings (SSSR count). The minimum atomic E-state index is -0.0154. The molecule has 0 spiro atoms. The second-order valence-electron chi connectivity index (χ2n) is 2.05. The topological polar surface area (TPSA) is 0 Å². The van der Waals surface area contributed by atoms with Crippen molar-refractivity contribution in [3.63, 3.8) is 0 Å². The molecule has 0 nitrogen and oxygen atoms in total. The quantitative estimate of drug-likeness (QED) is 0.494. The van der Waals surface area contributed by atoms with Crippen LogP contribution in [0.1, 0.15) is 12.8 Å². The molecule has 1 saturated carbocycles. The summed E-state index contributed by atoms with van der Waals surface area (Å²) in [5.74, 6) is 0. The SMILES string of the molecule is ClC1CCC(Cl)C1Cl. The first-order valence-electron chi connectivity index (χ1n) is 2.64. The van der Waals surface area contributed by atoms with E-state index in [0.717, 1.165) is 12.8 Å². The molecule has 0 bridgehead atoms. The first-order chi connectivity index (χ1) is 3.72. The maximum atomic E-state index is 5.75. The number of hydrogen-bond donors (Lipinski definition) is 0. The number of rotatable bonds is 0. The van der Waals surface area contributed by atoms with Crippen molar-refractivity contribution in [3.8, 4) is 0 Å². The van der Waals surface area contributed by atoms with Gasteiger partial charge in [-0.15, -0.1) is 34.8 Å². The Hall–Kier alpha value is 0.870. The largest absolute Gasteiger partial charge is 0.121 e. The van der Waals surface area contributed by atoms with Crippen molar-refractivity contribution >= 4 is 34.8 Å². The monoisotopic (exact) mass is 172 g/mol. The Morgan fingerprint density at radius 2 is 1.25 bits per heavy atom. The van der Waals surface area contributed by atoms with Gasteiger partial charge in [-0.3, -0.25) is 0 Å².